The lowest BCUT2D eigenvalue weighted by Crippen LogP contribution is -2.36. The molecule has 0 aliphatic carbocycles. The molecule has 0 saturated carbocycles. The zero-order valence-corrected chi connectivity index (χ0v) is 14.8. The Labute approximate surface area is 156 Å². The minimum absolute atomic E-state index is 0.459. The summed E-state index contributed by atoms with van der Waals surface area (Å²) in [5, 5.41) is 1.89. The van der Waals surface area contributed by atoms with E-state index >= 15 is 0 Å². The van der Waals surface area contributed by atoms with Gasteiger partial charge in [0.1, 0.15) is 6.17 Å². The third-order valence-corrected chi connectivity index (χ3v) is 5.06. The van der Waals surface area contributed by atoms with Crippen LogP contribution in [0.3, 0.4) is 0 Å². The first-order chi connectivity index (χ1) is 13.8. The number of hydrogen-bond acceptors (Lipinski definition) is 5. The average molecular weight is 347 g/mol. The van der Waals surface area contributed by atoms with E-state index in [1.165, 1.54) is 4.90 Å². The highest BCUT2D eigenvalue weighted by Crippen LogP contribution is 2.46. The average Bonchev–Trinajstić information content (AvgIpc) is 3.15. The molecule has 4 heterocycles. The highest BCUT2D eigenvalue weighted by atomic mass is 16.3. The number of benzene rings is 1. The Morgan fingerprint density at radius 3 is 2.81 bits per heavy atom. The summed E-state index contributed by atoms with van der Waals surface area (Å²) >= 11 is 0. The maximum atomic E-state index is 8.04. The van der Waals surface area contributed by atoms with Crippen LogP contribution < -0.4 is 9.80 Å². The van der Waals surface area contributed by atoms with Gasteiger partial charge in [-0.15, -0.1) is 0 Å². The number of hydrogen-bond donors (Lipinski definition) is 0. The van der Waals surface area contributed by atoms with Crippen molar-refractivity contribution >= 4 is 39.3 Å². The molecular formula is C21H20N4O. The maximum Gasteiger partial charge on any atom is 0.227 e. The summed E-state index contributed by atoms with van der Waals surface area (Å²) in [5.41, 5.74) is 4.52. The second-order valence-corrected chi connectivity index (χ2v) is 6.73. The highest BCUT2D eigenvalue weighted by Gasteiger charge is 2.35. The molecule has 1 aliphatic heterocycles. The Morgan fingerprint density at radius 2 is 1.96 bits per heavy atom. The van der Waals surface area contributed by atoms with Gasteiger partial charge in [-0.3, -0.25) is 0 Å². The number of anilines is 3. The summed E-state index contributed by atoms with van der Waals surface area (Å²) in [5.74, 6) is 0.608. The van der Waals surface area contributed by atoms with Gasteiger partial charge < -0.3 is 14.2 Å². The van der Waals surface area contributed by atoms with Crippen LogP contribution in [-0.4, -0.2) is 23.1 Å². The Kier molecular flexibility index (Phi) is 2.46. The van der Waals surface area contributed by atoms with Crippen LogP contribution in [0.5, 0.6) is 0 Å². The molecule has 5 heteroatoms. The van der Waals surface area contributed by atoms with Gasteiger partial charge in [-0.2, -0.15) is 0 Å². The molecule has 4 aromatic rings. The van der Waals surface area contributed by atoms with Crippen molar-refractivity contribution in [2.45, 2.75) is 26.9 Å². The van der Waals surface area contributed by atoms with E-state index in [-0.39, 0.29) is 0 Å². The van der Waals surface area contributed by atoms with Gasteiger partial charge in [-0.05, 0) is 50.6 Å². The number of aryl methyl sites for hydroxylation is 2. The third-order valence-electron chi connectivity index (χ3n) is 5.06. The first kappa shape index (κ1) is 12.3. The fraction of sp³-hybridized carbons (Fsp3) is 0.238. The summed E-state index contributed by atoms with van der Waals surface area (Å²) in [6, 6.07) is 11.6. The van der Waals surface area contributed by atoms with E-state index in [9.17, 15) is 0 Å². The second kappa shape index (κ2) is 5.21. The topological polar surface area (TPSA) is 45.4 Å². The third kappa shape index (κ3) is 1.91. The zero-order valence-electron chi connectivity index (χ0n) is 17.8. The smallest absolute Gasteiger partial charge is 0.227 e. The second-order valence-electron chi connectivity index (χ2n) is 6.73. The van der Waals surface area contributed by atoms with Crippen LogP contribution >= 0.6 is 0 Å². The van der Waals surface area contributed by atoms with Crippen molar-refractivity contribution in [1.29, 1.82) is 0 Å². The Balaban J connectivity index is 1.81. The van der Waals surface area contributed by atoms with Gasteiger partial charge in [-0.25, -0.2) is 9.97 Å². The van der Waals surface area contributed by atoms with Crippen molar-refractivity contribution in [2.24, 2.45) is 0 Å². The van der Waals surface area contributed by atoms with Crippen molar-refractivity contribution in [3.63, 3.8) is 0 Å². The molecule has 0 saturated heterocycles. The van der Waals surface area contributed by atoms with Crippen molar-refractivity contribution in [3.05, 3.63) is 53.9 Å². The van der Waals surface area contributed by atoms with Gasteiger partial charge in [0.25, 0.3) is 0 Å². The molecule has 3 aromatic heterocycles. The van der Waals surface area contributed by atoms with Crippen LogP contribution in [0.25, 0.3) is 22.1 Å². The maximum absolute atomic E-state index is 8.04. The molecule has 5 nitrogen and oxygen atoms in total. The lowest BCUT2D eigenvalue weighted by molar-refractivity contribution is 0.646. The van der Waals surface area contributed by atoms with E-state index in [1.807, 2.05) is 49.9 Å². The minimum atomic E-state index is -2.29. The first-order valence-corrected chi connectivity index (χ1v) is 8.60. The van der Waals surface area contributed by atoms with Crippen molar-refractivity contribution in [1.82, 2.24) is 9.97 Å². The summed E-state index contributed by atoms with van der Waals surface area (Å²) in [6.07, 6.45) is 1.22. The largest absolute Gasteiger partial charge is 0.435 e. The van der Waals surface area contributed by atoms with E-state index in [4.69, 9.17) is 8.53 Å². The van der Waals surface area contributed by atoms with E-state index in [1.54, 1.807) is 18.3 Å². The molecule has 1 aromatic carbocycles. The number of aromatic nitrogens is 2. The highest BCUT2D eigenvalue weighted by molar-refractivity contribution is 6.09. The van der Waals surface area contributed by atoms with Crippen molar-refractivity contribution < 1.29 is 8.53 Å². The number of nitrogens with zero attached hydrogens (tertiary/aromatic N) is 4. The summed E-state index contributed by atoms with van der Waals surface area (Å²) in [7, 11) is 0. The summed E-state index contributed by atoms with van der Waals surface area (Å²) < 4.78 is 30.3. The normalized spacial score (nSPS) is 18.9. The molecule has 1 atom stereocenters. The number of rotatable bonds is 1. The van der Waals surface area contributed by atoms with Crippen LogP contribution in [0.2, 0.25) is 0 Å². The lowest BCUT2D eigenvalue weighted by Gasteiger charge is -2.28. The molecule has 0 spiro atoms. The minimum Gasteiger partial charge on any atom is -0.435 e. The Morgan fingerprint density at radius 1 is 1.12 bits per heavy atom. The SMILES string of the molecule is [2H]C([2H])([2H])N1c2cccnc2N(c2c(C)ccc3c2oc2nc(C)ccc23)[C@H]1C. The zero-order chi connectivity index (χ0) is 20.5. The van der Waals surface area contributed by atoms with Crippen LogP contribution in [0.1, 0.15) is 22.3 Å². The molecule has 0 radical (unpaired) electrons. The molecule has 0 N–H and O–H groups in total. The molecule has 0 bridgehead atoms. The quantitative estimate of drug-likeness (QED) is 0.489. The first-order valence-electron chi connectivity index (χ1n) is 10.1. The predicted molar refractivity (Wildman–Crippen MR) is 105 cm³/mol. The summed E-state index contributed by atoms with van der Waals surface area (Å²) in [6.45, 7) is 3.50. The molecular weight excluding hydrogens is 324 g/mol. The van der Waals surface area contributed by atoms with E-state index in [0.717, 1.165) is 27.7 Å². The van der Waals surface area contributed by atoms with E-state index in [2.05, 4.69) is 9.97 Å². The fourth-order valence-corrected chi connectivity index (χ4v) is 3.75. The Hall–Kier alpha value is -3.08. The molecule has 1 aliphatic rings. The molecule has 130 valence electrons. The van der Waals surface area contributed by atoms with Crippen molar-refractivity contribution in [2.75, 3.05) is 16.8 Å². The van der Waals surface area contributed by atoms with Crippen LogP contribution in [-0.2, 0) is 0 Å². The molecule has 5 rings (SSSR count). The van der Waals surface area contributed by atoms with E-state index < -0.39 is 13.1 Å². The predicted octanol–water partition coefficient (Wildman–Crippen LogP) is 4.93. The van der Waals surface area contributed by atoms with Crippen LogP contribution in [0, 0.1) is 13.8 Å². The van der Waals surface area contributed by atoms with Crippen molar-refractivity contribution in [3.8, 4) is 0 Å². The fourth-order valence-electron chi connectivity index (χ4n) is 3.75. The van der Waals surface area contributed by atoms with Gasteiger partial charge in [0.15, 0.2) is 11.4 Å². The Bertz CT molecular complexity index is 1260. The summed E-state index contributed by atoms with van der Waals surface area (Å²) in [4.78, 5) is 12.4. The molecule has 26 heavy (non-hydrogen) atoms. The lowest BCUT2D eigenvalue weighted by atomic mass is 10.1. The molecule has 0 fully saturated rings. The number of pyridine rings is 2. The standard InChI is InChI=1S/C21H20N4O/c1-12-7-9-15-16-10-8-13(2)23-21(16)26-19(15)18(12)25-14(3)24(4)17-6-5-11-22-20(17)25/h5-11,14H,1-4H3/t14-/m0/s1/i4D3. The van der Waals surface area contributed by atoms with E-state index in [0.29, 0.717) is 22.8 Å². The molecule has 0 amide bonds. The van der Waals surface area contributed by atoms with Crippen LogP contribution in [0.4, 0.5) is 17.2 Å². The number of furan rings is 1. The van der Waals surface area contributed by atoms with Gasteiger partial charge >= 0.3 is 0 Å². The molecule has 0 unspecified atom stereocenters. The monoisotopic (exact) mass is 347 g/mol. The van der Waals surface area contributed by atoms with Gasteiger partial charge in [0, 0.05) is 33.8 Å². The van der Waals surface area contributed by atoms with Gasteiger partial charge in [0.2, 0.25) is 5.71 Å². The number of fused-ring (bicyclic) bond motifs is 4. The van der Waals surface area contributed by atoms with Crippen LogP contribution in [0.15, 0.2) is 47.0 Å². The van der Waals surface area contributed by atoms with Gasteiger partial charge in [-0.1, -0.05) is 12.1 Å². The van der Waals surface area contributed by atoms with Gasteiger partial charge in [0.05, 0.1) is 11.4 Å².